The van der Waals surface area contributed by atoms with Crippen LogP contribution in [0.5, 0.6) is 5.75 Å². The van der Waals surface area contributed by atoms with Crippen molar-refractivity contribution < 1.29 is 9.26 Å². The quantitative estimate of drug-likeness (QED) is 0.287. The molecule has 174 valence electrons. The van der Waals surface area contributed by atoms with Crippen molar-refractivity contribution in [3.63, 3.8) is 0 Å². The third-order valence-corrected chi connectivity index (χ3v) is 8.83. The van der Waals surface area contributed by atoms with Crippen LogP contribution in [0.4, 0.5) is 0 Å². The molecule has 3 aromatic carbocycles. The molecule has 2 nitrogen and oxygen atoms in total. The molecule has 0 N–H and O–H groups in total. The lowest BCUT2D eigenvalue weighted by Gasteiger charge is -2.29. The van der Waals surface area contributed by atoms with Crippen LogP contribution in [0.2, 0.25) is 0 Å². The molecular formula is C29H34BrO2P. The maximum Gasteiger partial charge on any atom is 0.132 e. The number of halogens is 1. The highest BCUT2D eigenvalue weighted by Crippen LogP contribution is 2.47. The Kier molecular flexibility index (Phi) is 8.28. The fourth-order valence-electron chi connectivity index (χ4n) is 4.57. The van der Waals surface area contributed by atoms with Gasteiger partial charge in [-0.1, -0.05) is 66.2 Å². The number of ether oxygens (including phenoxy) is 1. The van der Waals surface area contributed by atoms with Crippen LogP contribution in [0.1, 0.15) is 65.5 Å². The zero-order chi connectivity index (χ0) is 23.4. The average Bonchev–Trinajstić information content (AvgIpc) is 2.80. The third kappa shape index (κ3) is 6.47. The van der Waals surface area contributed by atoms with Crippen LogP contribution in [0, 0.1) is 13.8 Å². The Morgan fingerprint density at radius 3 is 2.52 bits per heavy atom. The van der Waals surface area contributed by atoms with E-state index in [0.717, 1.165) is 35.8 Å². The molecular weight excluding hydrogens is 491 g/mol. The highest BCUT2D eigenvalue weighted by Gasteiger charge is 2.25. The molecule has 0 bridgehead atoms. The van der Waals surface area contributed by atoms with Gasteiger partial charge in [0.25, 0.3) is 0 Å². The molecule has 4 heteroatoms. The van der Waals surface area contributed by atoms with Crippen LogP contribution in [0.3, 0.4) is 0 Å². The molecule has 2 atom stereocenters. The highest BCUT2D eigenvalue weighted by molar-refractivity contribution is 9.10. The average molecular weight is 525 g/mol. The minimum Gasteiger partial charge on any atom is -0.487 e. The van der Waals surface area contributed by atoms with Crippen LogP contribution >= 0.6 is 24.1 Å². The van der Waals surface area contributed by atoms with Gasteiger partial charge in [0.1, 0.15) is 12.1 Å². The summed E-state index contributed by atoms with van der Waals surface area (Å²) >= 11 is 3.60. The molecule has 33 heavy (non-hydrogen) atoms. The van der Waals surface area contributed by atoms with Gasteiger partial charge in [-0.15, -0.1) is 0 Å². The van der Waals surface area contributed by atoms with Crippen LogP contribution in [0.15, 0.2) is 65.1 Å². The van der Waals surface area contributed by atoms with Crippen molar-refractivity contribution in [2.45, 2.75) is 52.4 Å². The summed E-state index contributed by atoms with van der Waals surface area (Å²) in [6, 6.07) is 22.1. The van der Waals surface area contributed by atoms with E-state index in [0.29, 0.717) is 18.2 Å². The van der Waals surface area contributed by atoms with E-state index in [2.05, 4.69) is 104 Å². The molecule has 3 aromatic rings. The van der Waals surface area contributed by atoms with E-state index in [1.807, 2.05) is 0 Å². The first kappa shape index (κ1) is 24.5. The van der Waals surface area contributed by atoms with Gasteiger partial charge < -0.3 is 9.26 Å². The van der Waals surface area contributed by atoms with Gasteiger partial charge in [0, 0.05) is 10.6 Å². The van der Waals surface area contributed by atoms with Gasteiger partial charge in [-0.05, 0) is 96.2 Å². The van der Waals surface area contributed by atoms with Crippen molar-refractivity contribution in [3.05, 3.63) is 98.5 Å². The molecule has 0 radical (unpaired) electrons. The van der Waals surface area contributed by atoms with Gasteiger partial charge in [-0.3, -0.25) is 0 Å². The number of rotatable bonds is 7. The van der Waals surface area contributed by atoms with E-state index < -0.39 is 8.15 Å². The van der Waals surface area contributed by atoms with Gasteiger partial charge in [0.2, 0.25) is 0 Å². The third-order valence-electron chi connectivity index (χ3n) is 6.53. The van der Waals surface area contributed by atoms with Crippen LogP contribution < -0.4 is 4.74 Å². The second kappa shape index (κ2) is 11.2. The summed E-state index contributed by atoms with van der Waals surface area (Å²) in [5, 5.41) is 0. The monoisotopic (exact) mass is 524 g/mol. The molecule has 1 aliphatic rings. The molecule has 4 rings (SSSR count). The number of aryl methyl sites for hydroxylation is 2. The fraction of sp³-hybridized carbons (Fsp3) is 0.379. The SMILES string of the molecule is Cc1cc(OCP2CC(c3cccc(Br)c3)CCO2)cc(C)c1Cc1cccc(C(C)C)c1. The van der Waals surface area contributed by atoms with E-state index in [9.17, 15) is 0 Å². The first-order valence-electron chi connectivity index (χ1n) is 11.8. The number of benzene rings is 3. The van der Waals surface area contributed by atoms with Gasteiger partial charge in [-0.25, -0.2) is 0 Å². The molecule has 1 aliphatic heterocycles. The predicted molar refractivity (Wildman–Crippen MR) is 144 cm³/mol. The topological polar surface area (TPSA) is 18.5 Å². The van der Waals surface area contributed by atoms with Crippen molar-refractivity contribution in [2.24, 2.45) is 0 Å². The lowest BCUT2D eigenvalue weighted by atomic mass is 9.93. The summed E-state index contributed by atoms with van der Waals surface area (Å²) in [4.78, 5) is 0. The van der Waals surface area contributed by atoms with Crippen molar-refractivity contribution in [2.75, 3.05) is 19.1 Å². The van der Waals surface area contributed by atoms with Crippen molar-refractivity contribution in [3.8, 4) is 5.75 Å². The first-order valence-corrected chi connectivity index (χ1v) is 14.3. The van der Waals surface area contributed by atoms with Gasteiger partial charge in [0.05, 0.1) is 14.8 Å². The summed E-state index contributed by atoms with van der Waals surface area (Å²) in [5.41, 5.74) is 8.17. The summed E-state index contributed by atoms with van der Waals surface area (Å²) in [7, 11) is -0.582. The Balaban J connectivity index is 1.39. The summed E-state index contributed by atoms with van der Waals surface area (Å²) in [6.07, 6.45) is 3.77. The molecule has 1 saturated heterocycles. The highest BCUT2D eigenvalue weighted by atomic mass is 79.9. The predicted octanol–water partition coefficient (Wildman–Crippen LogP) is 8.72. The standard InChI is InChI=1S/C29H34BrO2P/c1-20(2)24-8-5-7-23(15-24)16-29-21(3)13-28(14-22(29)4)31-19-33-18-26(11-12-32-33)25-9-6-10-27(30)17-25/h5-10,13-15,17,20,26H,11-12,16,18-19H2,1-4H3. The maximum absolute atomic E-state index is 6.27. The molecule has 0 aliphatic carbocycles. The Morgan fingerprint density at radius 2 is 1.79 bits per heavy atom. The fourth-order valence-corrected chi connectivity index (χ4v) is 6.81. The van der Waals surface area contributed by atoms with Gasteiger partial charge in [-0.2, -0.15) is 0 Å². The summed E-state index contributed by atoms with van der Waals surface area (Å²) < 4.78 is 13.5. The van der Waals surface area contributed by atoms with Crippen molar-refractivity contribution in [1.82, 2.24) is 0 Å². The lowest BCUT2D eigenvalue weighted by Crippen LogP contribution is -2.16. The Labute approximate surface area is 208 Å². The first-order chi connectivity index (χ1) is 15.9. The largest absolute Gasteiger partial charge is 0.487 e. The minimum absolute atomic E-state index is 0.551. The zero-order valence-corrected chi connectivity index (χ0v) is 22.6. The van der Waals surface area contributed by atoms with E-state index in [1.165, 1.54) is 33.4 Å². The summed E-state index contributed by atoms with van der Waals surface area (Å²) in [6.45, 7) is 9.72. The van der Waals surface area contributed by atoms with Crippen LogP contribution in [-0.2, 0) is 10.9 Å². The van der Waals surface area contributed by atoms with E-state index in [4.69, 9.17) is 9.26 Å². The smallest absolute Gasteiger partial charge is 0.132 e. The molecule has 0 saturated carbocycles. The van der Waals surface area contributed by atoms with Gasteiger partial charge >= 0.3 is 0 Å². The maximum atomic E-state index is 6.27. The van der Waals surface area contributed by atoms with E-state index >= 15 is 0 Å². The Morgan fingerprint density at radius 1 is 1.03 bits per heavy atom. The second-order valence-corrected chi connectivity index (χ2v) is 12.2. The number of hydrogen-bond donors (Lipinski definition) is 0. The number of hydrogen-bond acceptors (Lipinski definition) is 2. The minimum atomic E-state index is -0.582. The molecule has 2 unspecified atom stereocenters. The molecule has 1 heterocycles. The Hall–Kier alpha value is -1.67. The van der Waals surface area contributed by atoms with Crippen LogP contribution in [-0.4, -0.2) is 19.1 Å². The van der Waals surface area contributed by atoms with Gasteiger partial charge in [0.15, 0.2) is 0 Å². The van der Waals surface area contributed by atoms with E-state index in [1.54, 1.807) is 0 Å². The second-order valence-electron chi connectivity index (χ2n) is 9.42. The molecule has 1 fully saturated rings. The van der Waals surface area contributed by atoms with Crippen molar-refractivity contribution >= 4 is 24.1 Å². The van der Waals surface area contributed by atoms with Crippen LogP contribution in [0.25, 0.3) is 0 Å². The molecule has 0 amide bonds. The summed E-state index contributed by atoms with van der Waals surface area (Å²) in [5.74, 6) is 2.06. The normalized spacial score (nSPS) is 18.5. The zero-order valence-electron chi connectivity index (χ0n) is 20.1. The van der Waals surface area contributed by atoms with Crippen molar-refractivity contribution in [1.29, 1.82) is 0 Å². The Bertz CT molecular complexity index is 1070. The van der Waals surface area contributed by atoms with E-state index in [-0.39, 0.29) is 0 Å². The lowest BCUT2D eigenvalue weighted by molar-refractivity contribution is 0.285. The molecule has 0 aromatic heterocycles. The molecule has 0 spiro atoms.